The Kier molecular flexibility index (Phi) is 28.2. The van der Waals surface area contributed by atoms with Crippen molar-refractivity contribution in [3.05, 3.63) is 25.3 Å². The van der Waals surface area contributed by atoms with Crippen molar-refractivity contribution in [1.29, 1.82) is 0 Å². The Morgan fingerprint density at radius 1 is 0.413 bits per heavy atom. The molecule has 0 aliphatic rings. The van der Waals surface area contributed by atoms with E-state index >= 15 is 0 Å². The number of unbranched alkanes of at least 4 members (excludes halogenated alkanes) is 9. The first-order valence-electron chi connectivity index (χ1n) is 16.0. The molecule has 0 bridgehead atoms. The van der Waals surface area contributed by atoms with Crippen molar-refractivity contribution in [1.82, 2.24) is 10.6 Å². The summed E-state index contributed by atoms with van der Waals surface area (Å²) in [5, 5.41) is 5.32. The molecule has 0 aromatic heterocycles. The van der Waals surface area contributed by atoms with Gasteiger partial charge in [-0.05, 0) is 38.5 Å². The number of alkyl carbamates (subject to hydrolysis) is 2. The normalized spacial score (nSPS) is 10.2. The number of hydrogen-bond acceptors (Lipinski definition) is 12. The van der Waals surface area contributed by atoms with Gasteiger partial charge in [0.25, 0.3) is 0 Å². The van der Waals surface area contributed by atoms with Crippen LogP contribution < -0.4 is 10.6 Å². The molecule has 46 heavy (non-hydrogen) atoms. The van der Waals surface area contributed by atoms with Crippen LogP contribution in [0.4, 0.5) is 9.59 Å². The van der Waals surface area contributed by atoms with Gasteiger partial charge in [-0.15, -0.1) is 0 Å². The van der Waals surface area contributed by atoms with E-state index in [0.717, 1.165) is 69.9 Å². The first-order chi connectivity index (χ1) is 22.3. The van der Waals surface area contributed by atoms with Gasteiger partial charge in [0.1, 0.15) is 26.4 Å². The number of amides is 2. The second-order valence-electron chi connectivity index (χ2n) is 10.1. The third kappa shape index (κ3) is 29.9. The average Bonchev–Trinajstić information content (AvgIpc) is 3.05. The second kappa shape index (κ2) is 30.9. The smallest absolute Gasteiger partial charge is 0.407 e. The van der Waals surface area contributed by atoms with E-state index < -0.39 is 24.1 Å². The number of rotatable bonds is 29. The van der Waals surface area contributed by atoms with Crippen molar-refractivity contribution in [2.75, 3.05) is 52.7 Å². The van der Waals surface area contributed by atoms with E-state index in [0.29, 0.717) is 45.2 Å². The highest BCUT2D eigenvalue weighted by atomic mass is 16.6. The molecule has 2 amide bonds. The van der Waals surface area contributed by atoms with Gasteiger partial charge in [0.15, 0.2) is 0 Å². The summed E-state index contributed by atoms with van der Waals surface area (Å²) in [6, 6.07) is 0. The van der Waals surface area contributed by atoms with Crippen LogP contribution in [-0.4, -0.2) is 88.8 Å². The predicted octanol–water partition coefficient (Wildman–Crippen LogP) is 4.45. The van der Waals surface area contributed by atoms with Gasteiger partial charge < -0.3 is 39.1 Å². The quantitative estimate of drug-likeness (QED) is 0.0500. The zero-order chi connectivity index (χ0) is 34.1. The maximum absolute atomic E-state index is 11.8. The van der Waals surface area contributed by atoms with E-state index in [9.17, 15) is 28.8 Å². The number of carbonyl (C=O) groups excluding carboxylic acids is 6. The highest BCUT2D eigenvalue weighted by Crippen LogP contribution is 2.07. The summed E-state index contributed by atoms with van der Waals surface area (Å²) in [5.74, 6) is -1.69. The summed E-state index contributed by atoms with van der Waals surface area (Å²) in [4.78, 5) is 68.4. The molecule has 2 N–H and O–H groups in total. The zero-order valence-electron chi connectivity index (χ0n) is 27.0. The summed E-state index contributed by atoms with van der Waals surface area (Å²) in [6.07, 6.45) is 11.3. The summed E-state index contributed by atoms with van der Waals surface area (Å²) >= 11 is 0. The maximum atomic E-state index is 11.8. The lowest BCUT2D eigenvalue weighted by Crippen LogP contribution is -2.26. The fraction of sp³-hybridized carbons (Fsp3) is 0.688. The molecule has 0 saturated heterocycles. The molecule has 14 heteroatoms. The van der Waals surface area contributed by atoms with Crippen LogP contribution >= 0.6 is 0 Å². The Labute approximate surface area is 271 Å². The van der Waals surface area contributed by atoms with Gasteiger partial charge in [0, 0.05) is 38.1 Å². The van der Waals surface area contributed by atoms with Crippen molar-refractivity contribution < 1.29 is 57.2 Å². The van der Waals surface area contributed by atoms with E-state index in [4.69, 9.17) is 28.4 Å². The van der Waals surface area contributed by atoms with Crippen LogP contribution in [0, 0.1) is 0 Å². The molecule has 0 saturated carbocycles. The standard InChI is InChI=1S/C32H52N2O12/c1-3-27(35)42-23-24-44-30(38)18-12-8-6-9-13-19-33-31(39)45-22-16-15-21-41-29(37)17-11-7-5-10-14-20-34-32(40)46-26-25-43-28(36)4-2/h3-4H,1-2,5-26H2,(H,33,39)(H,34,40). The lowest BCUT2D eigenvalue weighted by atomic mass is 10.1. The molecule has 0 aliphatic carbocycles. The minimum absolute atomic E-state index is 0.0114. The van der Waals surface area contributed by atoms with Crippen LogP contribution in [-0.2, 0) is 47.6 Å². The van der Waals surface area contributed by atoms with Gasteiger partial charge in [-0.2, -0.15) is 0 Å². The summed E-state index contributed by atoms with van der Waals surface area (Å²) in [6.45, 7) is 8.04. The molecule has 0 fully saturated rings. The van der Waals surface area contributed by atoms with Gasteiger partial charge in [0.05, 0.1) is 13.2 Å². The van der Waals surface area contributed by atoms with Crippen LogP contribution in [0.5, 0.6) is 0 Å². The van der Waals surface area contributed by atoms with E-state index in [2.05, 4.69) is 23.8 Å². The molecule has 262 valence electrons. The fourth-order valence-corrected chi connectivity index (χ4v) is 3.72. The largest absolute Gasteiger partial charge is 0.466 e. The molecule has 0 atom stereocenters. The maximum Gasteiger partial charge on any atom is 0.407 e. The molecule has 0 spiro atoms. The molecular formula is C32H52N2O12. The molecule has 0 aliphatic heterocycles. The third-order valence-corrected chi connectivity index (χ3v) is 6.17. The zero-order valence-corrected chi connectivity index (χ0v) is 27.0. The van der Waals surface area contributed by atoms with Crippen LogP contribution in [0.2, 0.25) is 0 Å². The van der Waals surface area contributed by atoms with Gasteiger partial charge in [-0.3, -0.25) is 9.59 Å². The van der Waals surface area contributed by atoms with Crippen LogP contribution in [0.15, 0.2) is 25.3 Å². The minimum Gasteiger partial charge on any atom is -0.466 e. The Morgan fingerprint density at radius 2 is 0.761 bits per heavy atom. The van der Waals surface area contributed by atoms with E-state index in [1.54, 1.807) is 0 Å². The van der Waals surface area contributed by atoms with E-state index in [1.165, 1.54) is 0 Å². The number of nitrogens with one attached hydrogen (secondary N) is 2. The SMILES string of the molecule is C=CC(=O)OCCOC(=O)CCCCCCCNC(=O)OCCCCOC(=O)CCCCCCCNC(=O)OCCOC(=O)C=C. The first kappa shape index (κ1) is 41.9. The third-order valence-electron chi connectivity index (χ3n) is 6.17. The predicted molar refractivity (Wildman–Crippen MR) is 168 cm³/mol. The number of esters is 4. The molecule has 0 aromatic rings. The van der Waals surface area contributed by atoms with Gasteiger partial charge in [-0.1, -0.05) is 51.7 Å². The molecule has 0 rings (SSSR count). The Balaban J connectivity index is 3.42. The van der Waals surface area contributed by atoms with Gasteiger partial charge in [0.2, 0.25) is 0 Å². The summed E-state index contributed by atoms with van der Waals surface area (Å²) < 4.78 is 29.6. The Morgan fingerprint density at radius 3 is 1.24 bits per heavy atom. The van der Waals surface area contributed by atoms with Crippen molar-refractivity contribution >= 4 is 36.1 Å². The minimum atomic E-state index is -0.570. The van der Waals surface area contributed by atoms with Gasteiger partial charge >= 0.3 is 36.1 Å². The van der Waals surface area contributed by atoms with Crippen molar-refractivity contribution in [2.24, 2.45) is 0 Å². The average molecular weight is 657 g/mol. The number of hydrogen-bond donors (Lipinski definition) is 2. The second-order valence-corrected chi connectivity index (χ2v) is 10.1. The molecule has 0 aromatic carbocycles. The van der Waals surface area contributed by atoms with Crippen LogP contribution in [0.25, 0.3) is 0 Å². The molecule has 0 heterocycles. The number of ether oxygens (including phenoxy) is 6. The monoisotopic (exact) mass is 656 g/mol. The highest BCUT2D eigenvalue weighted by Gasteiger charge is 2.06. The fourth-order valence-electron chi connectivity index (χ4n) is 3.72. The molecule has 0 unspecified atom stereocenters. The Hall–Kier alpha value is -4.10. The van der Waals surface area contributed by atoms with Crippen molar-refractivity contribution in [2.45, 2.75) is 89.9 Å². The summed E-state index contributed by atoms with van der Waals surface area (Å²) in [5.41, 5.74) is 0. The summed E-state index contributed by atoms with van der Waals surface area (Å²) in [7, 11) is 0. The molecular weight excluding hydrogens is 604 g/mol. The highest BCUT2D eigenvalue weighted by molar-refractivity contribution is 5.81. The molecule has 14 nitrogen and oxygen atoms in total. The van der Waals surface area contributed by atoms with E-state index in [1.807, 2.05) is 0 Å². The first-order valence-corrected chi connectivity index (χ1v) is 16.0. The van der Waals surface area contributed by atoms with E-state index in [-0.39, 0.29) is 51.6 Å². The van der Waals surface area contributed by atoms with Crippen LogP contribution in [0.1, 0.15) is 89.9 Å². The lowest BCUT2D eigenvalue weighted by Gasteiger charge is -2.08. The van der Waals surface area contributed by atoms with Crippen LogP contribution in [0.3, 0.4) is 0 Å². The van der Waals surface area contributed by atoms with Gasteiger partial charge in [-0.25, -0.2) is 19.2 Å². The van der Waals surface area contributed by atoms with Crippen molar-refractivity contribution in [3.8, 4) is 0 Å². The van der Waals surface area contributed by atoms with Crippen molar-refractivity contribution in [3.63, 3.8) is 0 Å². The molecule has 0 radical (unpaired) electrons. The lowest BCUT2D eigenvalue weighted by molar-refractivity contribution is -0.149. The number of carbonyl (C=O) groups is 6. The topological polar surface area (TPSA) is 182 Å². The Bertz CT molecular complexity index is 838.